The van der Waals surface area contributed by atoms with E-state index in [1.54, 1.807) is 19.2 Å². The van der Waals surface area contributed by atoms with Crippen molar-refractivity contribution >= 4 is 16.9 Å². The van der Waals surface area contributed by atoms with E-state index >= 15 is 0 Å². The molecule has 2 aliphatic rings. The van der Waals surface area contributed by atoms with Crippen molar-refractivity contribution in [3.63, 3.8) is 0 Å². The van der Waals surface area contributed by atoms with Crippen LogP contribution in [0.3, 0.4) is 0 Å². The lowest BCUT2D eigenvalue weighted by molar-refractivity contribution is -0.0566. The van der Waals surface area contributed by atoms with Crippen LogP contribution in [0.5, 0.6) is 0 Å². The maximum absolute atomic E-state index is 13.5. The molecule has 2 fully saturated rings. The van der Waals surface area contributed by atoms with Crippen LogP contribution in [0.4, 0.5) is 14.6 Å². The molecule has 3 atom stereocenters. The van der Waals surface area contributed by atoms with Gasteiger partial charge in [-0.05, 0) is 43.0 Å². The topological polar surface area (TPSA) is 81.3 Å². The molecule has 0 aliphatic carbocycles. The van der Waals surface area contributed by atoms with Gasteiger partial charge in [-0.1, -0.05) is 38.1 Å². The Balaban J connectivity index is 1.36. The molecule has 2 unspecified atom stereocenters. The number of aromatic nitrogens is 3. The number of piperazine rings is 1. The van der Waals surface area contributed by atoms with Gasteiger partial charge in [0.15, 0.2) is 5.82 Å². The van der Waals surface area contributed by atoms with E-state index in [2.05, 4.69) is 75.8 Å². The minimum atomic E-state index is -2.53. The number of piperidine rings is 1. The molecular weight excluding hydrogens is 524 g/mol. The first-order chi connectivity index (χ1) is 19.6. The number of fused-ring (bicyclic) bond motifs is 1. The van der Waals surface area contributed by atoms with Gasteiger partial charge in [0.25, 0.3) is 5.92 Å². The van der Waals surface area contributed by atoms with Crippen molar-refractivity contribution in [1.29, 1.82) is 5.26 Å². The predicted molar refractivity (Wildman–Crippen MR) is 156 cm³/mol. The summed E-state index contributed by atoms with van der Waals surface area (Å²) in [6.07, 6.45) is 1.66. The molecule has 0 bridgehead atoms. The minimum absolute atomic E-state index is 0.0660. The highest BCUT2D eigenvalue weighted by atomic mass is 19.3. The average Bonchev–Trinajstić information content (AvgIpc) is 2.99. The number of hydrogen-bond donors (Lipinski definition) is 0. The standard InChI is InChI=1S/C31H39F2N7O/c1-5-25-20-40(29-28-27(37(4)30(41)36-29)12-11-24(17-34)35-28)26(6-2)19-39(25)21(3)23-9-7-22(8-10-23)18-38-15-13-31(32,33)14-16-38/h7-12,21,25-26H,5-6,13-16,18-20H2,1-4H3/t21?,25-,26?/m1/s1. The lowest BCUT2D eigenvalue weighted by Gasteiger charge is -2.49. The summed E-state index contributed by atoms with van der Waals surface area (Å²) in [5.41, 5.74) is 3.56. The number of anilines is 1. The zero-order chi connectivity index (χ0) is 29.3. The molecule has 0 radical (unpaired) electrons. The molecule has 4 heterocycles. The van der Waals surface area contributed by atoms with Crippen LogP contribution in [0.25, 0.3) is 11.0 Å². The molecule has 8 nitrogen and oxygen atoms in total. The molecule has 10 heteroatoms. The number of benzene rings is 1. The number of rotatable bonds is 7. The first kappa shape index (κ1) is 29.1. The fourth-order valence-electron chi connectivity index (χ4n) is 6.28. The van der Waals surface area contributed by atoms with Crippen molar-refractivity contribution < 1.29 is 8.78 Å². The normalized spacial score (nSPS) is 22.5. The zero-order valence-electron chi connectivity index (χ0n) is 24.4. The van der Waals surface area contributed by atoms with Crippen molar-refractivity contribution in [2.45, 2.75) is 77.0 Å². The summed E-state index contributed by atoms with van der Waals surface area (Å²) in [5, 5.41) is 9.47. The van der Waals surface area contributed by atoms with Gasteiger partial charge < -0.3 is 4.90 Å². The van der Waals surface area contributed by atoms with E-state index in [-0.39, 0.29) is 36.7 Å². The fraction of sp³-hybridized carbons (Fsp3) is 0.548. The highest BCUT2D eigenvalue weighted by Gasteiger charge is 2.37. The highest BCUT2D eigenvalue weighted by Crippen LogP contribution is 2.34. The number of nitriles is 1. The molecule has 1 aromatic carbocycles. The van der Waals surface area contributed by atoms with Crippen LogP contribution in [0, 0.1) is 11.3 Å². The van der Waals surface area contributed by atoms with Crippen LogP contribution >= 0.6 is 0 Å². The second kappa shape index (κ2) is 11.8. The Morgan fingerprint density at radius 1 is 1.02 bits per heavy atom. The van der Waals surface area contributed by atoms with E-state index < -0.39 is 5.92 Å². The van der Waals surface area contributed by atoms with Gasteiger partial charge in [-0.25, -0.2) is 18.6 Å². The Labute approximate surface area is 240 Å². The fourth-order valence-corrected chi connectivity index (χ4v) is 6.28. The third-order valence-corrected chi connectivity index (χ3v) is 8.96. The minimum Gasteiger partial charge on any atom is -0.349 e. The smallest absolute Gasteiger partial charge is 0.349 e. The van der Waals surface area contributed by atoms with Crippen LogP contribution in [-0.2, 0) is 13.6 Å². The number of halogens is 2. The lowest BCUT2D eigenvalue weighted by atomic mass is 9.96. The Kier molecular flexibility index (Phi) is 8.39. The summed E-state index contributed by atoms with van der Waals surface area (Å²) in [4.78, 5) is 28.7. The van der Waals surface area contributed by atoms with Crippen molar-refractivity contribution in [1.82, 2.24) is 24.3 Å². The first-order valence-electron chi connectivity index (χ1n) is 14.6. The monoisotopic (exact) mass is 563 g/mol. The number of nitrogens with zero attached hydrogens (tertiary/aromatic N) is 7. The van der Waals surface area contributed by atoms with Gasteiger partial charge in [-0.2, -0.15) is 10.2 Å². The van der Waals surface area contributed by atoms with Crippen molar-refractivity contribution in [2.24, 2.45) is 7.05 Å². The van der Waals surface area contributed by atoms with Crippen molar-refractivity contribution in [3.05, 3.63) is 63.7 Å². The van der Waals surface area contributed by atoms with Crippen LogP contribution in [0.1, 0.15) is 69.3 Å². The summed E-state index contributed by atoms with van der Waals surface area (Å²) in [6.45, 7) is 9.61. The Hall–Kier alpha value is -3.42. The van der Waals surface area contributed by atoms with Crippen LogP contribution in [0.2, 0.25) is 0 Å². The summed E-state index contributed by atoms with van der Waals surface area (Å²) in [5.74, 6) is -1.97. The van der Waals surface area contributed by atoms with E-state index in [1.165, 1.54) is 10.1 Å². The lowest BCUT2D eigenvalue weighted by Crippen LogP contribution is -2.59. The van der Waals surface area contributed by atoms with Gasteiger partial charge in [0.1, 0.15) is 17.3 Å². The zero-order valence-corrected chi connectivity index (χ0v) is 24.4. The van der Waals surface area contributed by atoms with E-state index in [9.17, 15) is 18.8 Å². The number of alkyl halides is 2. The average molecular weight is 564 g/mol. The second-order valence-electron chi connectivity index (χ2n) is 11.5. The Morgan fingerprint density at radius 3 is 2.34 bits per heavy atom. The molecule has 0 saturated carbocycles. The molecule has 2 saturated heterocycles. The van der Waals surface area contributed by atoms with Gasteiger partial charge in [0, 0.05) is 70.7 Å². The maximum Gasteiger partial charge on any atom is 0.349 e. The number of hydrogen-bond acceptors (Lipinski definition) is 7. The molecule has 0 amide bonds. The molecule has 0 N–H and O–H groups in total. The van der Waals surface area contributed by atoms with Crippen LogP contribution < -0.4 is 10.6 Å². The third-order valence-electron chi connectivity index (χ3n) is 8.96. The van der Waals surface area contributed by atoms with E-state index in [4.69, 9.17) is 0 Å². The molecule has 2 aromatic heterocycles. The third kappa shape index (κ3) is 5.97. The molecule has 0 spiro atoms. The summed E-state index contributed by atoms with van der Waals surface area (Å²) >= 11 is 0. The molecule has 3 aromatic rings. The van der Waals surface area contributed by atoms with Crippen LogP contribution in [0.15, 0.2) is 41.2 Å². The quantitative estimate of drug-likeness (QED) is 0.406. The molecule has 218 valence electrons. The summed E-state index contributed by atoms with van der Waals surface area (Å²) < 4.78 is 28.6. The highest BCUT2D eigenvalue weighted by molar-refractivity contribution is 5.86. The van der Waals surface area contributed by atoms with E-state index in [1.807, 2.05) is 0 Å². The van der Waals surface area contributed by atoms with Gasteiger partial charge in [0.05, 0.1) is 5.52 Å². The molecule has 5 rings (SSSR count). The molecule has 41 heavy (non-hydrogen) atoms. The summed E-state index contributed by atoms with van der Waals surface area (Å²) in [6, 6.07) is 14.6. The number of likely N-dealkylation sites (tertiary alicyclic amines) is 1. The largest absolute Gasteiger partial charge is 0.349 e. The summed E-state index contributed by atoms with van der Waals surface area (Å²) in [7, 11) is 1.68. The second-order valence-corrected chi connectivity index (χ2v) is 11.5. The number of pyridine rings is 1. The SMILES string of the molecule is CCC1CN(C(C)c2ccc(CN3CCC(F)(F)CC3)cc2)[C@H](CC)CN1c1nc(=O)n(C)c2ccc(C#N)nc12. The molecular formula is C31H39F2N7O. The van der Waals surface area contributed by atoms with Gasteiger partial charge >= 0.3 is 5.69 Å². The van der Waals surface area contributed by atoms with Crippen molar-refractivity contribution in [2.75, 3.05) is 31.1 Å². The van der Waals surface area contributed by atoms with E-state index in [0.717, 1.165) is 24.9 Å². The van der Waals surface area contributed by atoms with Gasteiger partial charge in [0.2, 0.25) is 0 Å². The van der Waals surface area contributed by atoms with Crippen molar-refractivity contribution in [3.8, 4) is 6.07 Å². The maximum atomic E-state index is 13.5. The van der Waals surface area contributed by atoms with Crippen LogP contribution in [-0.4, -0.2) is 68.5 Å². The Bertz CT molecular complexity index is 1470. The molecule has 2 aliphatic heterocycles. The first-order valence-corrected chi connectivity index (χ1v) is 14.6. The Morgan fingerprint density at radius 2 is 1.71 bits per heavy atom. The number of aryl methyl sites for hydroxylation is 1. The van der Waals surface area contributed by atoms with Gasteiger partial charge in [-0.3, -0.25) is 14.4 Å². The van der Waals surface area contributed by atoms with Gasteiger partial charge in [-0.15, -0.1) is 0 Å². The predicted octanol–water partition coefficient (Wildman–Crippen LogP) is 4.87. The van der Waals surface area contributed by atoms with E-state index in [0.29, 0.717) is 48.7 Å².